The second-order valence-corrected chi connectivity index (χ2v) is 5.21. The van der Waals surface area contributed by atoms with Gasteiger partial charge in [0.2, 0.25) is 5.91 Å². The summed E-state index contributed by atoms with van der Waals surface area (Å²) < 4.78 is 5.24. The monoisotopic (exact) mass is 305 g/mol. The van der Waals surface area contributed by atoms with Crippen molar-refractivity contribution in [3.05, 3.63) is 29.8 Å². The van der Waals surface area contributed by atoms with Crippen LogP contribution in [0.3, 0.4) is 0 Å². The third kappa shape index (κ3) is 4.82. The largest absolute Gasteiger partial charge is 0.378 e. The highest BCUT2D eigenvalue weighted by Gasteiger charge is 2.18. The van der Waals surface area contributed by atoms with Gasteiger partial charge >= 0.3 is 0 Å². The Morgan fingerprint density at radius 3 is 2.50 bits per heavy atom. The number of anilines is 1. The van der Waals surface area contributed by atoms with E-state index in [2.05, 4.69) is 17.6 Å². The summed E-state index contributed by atoms with van der Waals surface area (Å²) >= 11 is 0. The average molecular weight is 305 g/mol. The zero-order valence-corrected chi connectivity index (χ0v) is 12.9. The Bertz CT molecular complexity index is 496. The number of nitrogens with zero attached hydrogens (tertiary/aromatic N) is 1. The molecule has 0 aromatic heterocycles. The van der Waals surface area contributed by atoms with E-state index in [0.717, 1.165) is 13.0 Å². The van der Waals surface area contributed by atoms with Gasteiger partial charge in [-0.05, 0) is 37.2 Å². The van der Waals surface area contributed by atoms with Gasteiger partial charge < -0.3 is 20.3 Å². The summed E-state index contributed by atoms with van der Waals surface area (Å²) in [5.74, 6) is -0.0773. The van der Waals surface area contributed by atoms with E-state index >= 15 is 0 Å². The van der Waals surface area contributed by atoms with E-state index in [1.807, 2.05) is 0 Å². The number of hydrogen-bond donors (Lipinski definition) is 2. The summed E-state index contributed by atoms with van der Waals surface area (Å²) in [7, 11) is 0. The van der Waals surface area contributed by atoms with Gasteiger partial charge in [-0.1, -0.05) is 6.92 Å². The van der Waals surface area contributed by atoms with Crippen molar-refractivity contribution < 1.29 is 14.3 Å². The molecular formula is C16H23N3O3. The fraction of sp³-hybridized carbons (Fsp3) is 0.500. The molecule has 2 rings (SSSR count). The minimum Gasteiger partial charge on any atom is -0.378 e. The molecule has 2 amide bonds. The van der Waals surface area contributed by atoms with Gasteiger partial charge in [-0.2, -0.15) is 0 Å². The van der Waals surface area contributed by atoms with E-state index in [-0.39, 0.29) is 11.8 Å². The van der Waals surface area contributed by atoms with Gasteiger partial charge in [-0.25, -0.2) is 0 Å². The average Bonchev–Trinajstić information content (AvgIpc) is 2.56. The number of carbonyl (C=O) groups excluding carboxylic acids is 2. The van der Waals surface area contributed by atoms with E-state index in [1.54, 1.807) is 29.2 Å². The molecular weight excluding hydrogens is 282 g/mol. The molecule has 1 aromatic rings. The van der Waals surface area contributed by atoms with Gasteiger partial charge in [-0.15, -0.1) is 0 Å². The molecule has 0 bridgehead atoms. The summed E-state index contributed by atoms with van der Waals surface area (Å²) in [6, 6.07) is 7.00. The Labute approximate surface area is 130 Å². The molecule has 1 aliphatic heterocycles. The molecule has 120 valence electrons. The molecule has 0 unspecified atom stereocenters. The fourth-order valence-corrected chi connectivity index (χ4v) is 2.23. The number of benzene rings is 1. The van der Waals surface area contributed by atoms with Crippen molar-refractivity contribution in [3.8, 4) is 0 Å². The zero-order valence-electron chi connectivity index (χ0n) is 12.9. The second kappa shape index (κ2) is 8.51. The van der Waals surface area contributed by atoms with Crippen LogP contribution in [-0.4, -0.2) is 56.1 Å². The first-order chi connectivity index (χ1) is 10.7. The Morgan fingerprint density at radius 1 is 1.18 bits per heavy atom. The third-order valence-corrected chi connectivity index (χ3v) is 3.43. The standard InChI is InChI=1S/C16H23N3O3/c1-2-7-17-12-15(20)18-14-5-3-13(4-6-14)16(21)19-8-10-22-11-9-19/h3-6,17H,2,7-12H2,1H3,(H,18,20). The first-order valence-corrected chi connectivity index (χ1v) is 7.68. The van der Waals surface area contributed by atoms with E-state index in [4.69, 9.17) is 4.74 Å². The number of carbonyl (C=O) groups is 2. The smallest absolute Gasteiger partial charge is 0.254 e. The molecule has 0 radical (unpaired) electrons. The summed E-state index contributed by atoms with van der Waals surface area (Å²) in [4.78, 5) is 25.8. The molecule has 1 fully saturated rings. The normalized spacial score (nSPS) is 14.7. The first-order valence-electron chi connectivity index (χ1n) is 7.68. The van der Waals surface area contributed by atoms with Crippen LogP contribution in [0.4, 0.5) is 5.69 Å². The van der Waals surface area contributed by atoms with Crippen molar-refractivity contribution in [2.45, 2.75) is 13.3 Å². The molecule has 1 aliphatic rings. The van der Waals surface area contributed by atoms with E-state index in [0.29, 0.717) is 44.1 Å². The topological polar surface area (TPSA) is 70.7 Å². The van der Waals surface area contributed by atoms with Crippen LogP contribution in [0.1, 0.15) is 23.7 Å². The lowest BCUT2D eigenvalue weighted by molar-refractivity contribution is -0.115. The number of nitrogens with one attached hydrogen (secondary N) is 2. The quantitative estimate of drug-likeness (QED) is 0.772. The third-order valence-electron chi connectivity index (χ3n) is 3.43. The predicted molar refractivity (Wildman–Crippen MR) is 85.0 cm³/mol. The van der Waals surface area contributed by atoms with Crippen molar-refractivity contribution in [1.29, 1.82) is 0 Å². The number of amides is 2. The molecule has 0 aliphatic carbocycles. The molecule has 1 heterocycles. The molecule has 1 saturated heterocycles. The maximum Gasteiger partial charge on any atom is 0.254 e. The van der Waals surface area contributed by atoms with Crippen LogP contribution < -0.4 is 10.6 Å². The van der Waals surface area contributed by atoms with Gasteiger partial charge in [0.05, 0.1) is 19.8 Å². The molecule has 0 atom stereocenters. The highest BCUT2D eigenvalue weighted by Crippen LogP contribution is 2.12. The van der Waals surface area contributed by atoms with E-state index in [1.165, 1.54) is 0 Å². The lowest BCUT2D eigenvalue weighted by atomic mass is 10.1. The molecule has 1 aromatic carbocycles. The Hall–Kier alpha value is -1.92. The molecule has 2 N–H and O–H groups in total. The van der Waals surface area contributed by atoms with Crippen molar-refractivity contribution in [2.75, 3.05) is 44.7 Å². The van der Waals surface area contributed by atoms with Gasteiger partial charge in [0.25, 0.3) is 5.91 Å². The van der Waals surface area contributed by atoms with Crippen LogP contribution in [-0.2, 0) is 9.53 Å². The number of morpholine rings is 1. The summed E-state index contributed by atoms with van der Waals surface area (Å²) in [5.41, 5.74) is 1.32. The van der Waals surface area contributed by atoms with Crippen molar-refractivity contribution in [1.82, 2.24) is 10.2 Å². The first kappa shape index (κ1) is 16.5. The lowest BCUT2D eigenvalue weighted by Gasteiger charge is -2.26. The minimum atomic E-state index is -0.0827. The SMILES string of the molecule is CCCNCC(=O)Nc1ccc(C(=O)N2CCOCC2)cc1. The van der Waals surface area contributed by atoms with Gasteiger partial charge in [-0.3, -0.25) is 9.59 Å². The predicted octanol–water partition coefficient (Wildman–Crippen LogP) is 1.10. The van der Waals surface area contributed by atoms with Crippen molar-refractivity contribution >= 4 is 17.5 Å². The van der Waals surface area contributed by atoms with Crippen LogP contribution in [0, 0.1) is 0 Å². The van der Waals surface area contributed by atoms with Crippen LogP contribution in [0.2, 0.25) is 0 Å². The summed E-state index contributed by atoms with van der Waals surface area (Å²) in [6.45, 7) is 5.59. The lowest BCUT2D eigenvalue weighted by Crippen LogP contribution is -2.40. The van der Waals surface area contributed by atoms with E-state index < -0.39 is 0 Å². The minimum absolute atomic E-state index is 0.00536. The zero-order chi connectivity index (χ0) is 15.8. The van der Waals surface area contributed by atoms with Crippen molar-refractivity contribution in [2.24, 2.45) is 0 Å². The van der Waals surface area contributed by atoms with Crippen LogP contribution in [0.5, 0.6) is 0 Å². The maximum atomic E-state index is 12.3. The molecule has 22 heavy (non-hydrogen) atoms. The van der Waals surface area contributed by atoms with Crippen LogP contribution >= 0.6 is 0 Å². The number of rotatable bonds is 6. The molecule has 6 heteroatoms. The molecule has 0 saturated carbocycles. The highest BCUT2D eigenvalue weighted by atomic mass is 16.5. The van der Waals surface area contributed by atoms with E-state index in [9.17, 15) is 9.59 Å². The maximum absolute atomic E-state index is 12.3. The second-order valence-electron chi connectivity index (χ2n) is 5.21. The molecule has 6 nitrogen and oxygen atoms in total. The Morgan fingerprint density at radius 2 is 1.86 bits per heavy atom. The number of ether oxygens (including phenoxy) is 1. The van der Waals surface area contributed by atoms with Crippen LogP contribution in [0.15, 0.2) is 24.3 Å². The summed E-state index contributed by atoms with van der Waals surface area (Å²) in [5, 5.41) is 5.84. The number of hydrogen-bond acceptors (Lipinski definition) is 4. The highest BCUT2D eigenvalue weighted by molar-refractivity contribution is 5.96. The fourth-order valence-electron chi connectivity index (χ4n) is 2.23. The van der Waals surface area contributed by atoms with Gasteiger partial charge in [0.15, 0.2) is 0 Å². The summed E-state index contributed by atoms with van der Waals surface area (Å²) in [6.07, 6.45) is 0.992. The Kier molecular flexibility index (Phi) is 6.36. The van der Waals surface area contributed by atoms with Crippen molar-refractivity contribution in [3.63, 3.8) is 0 Å². The van der Waals surface area contributed by atoms with Crippen LogP contribution in [0.25, 0.3) is 0 Å². The van der Waals surface area contributed by atoms with Gasteiger partial charge in [0, 0.05) is 24.3 Å². The Balaban J connectivity index is 1.86. The van der Waals surface area contributed by atoms with Gasteiger partial charge in [0.1, 0.15) is 0 Å². The molecule has 0 spiro atoms.